The number of ether oxygens (including phenoxy) is 1. The SMILES string of the molecule is CC1CCC(C(C)C)C(Oc2nccnc2CN)C1. The van der Waals surface area contributed by atoms with Crippen LogP contribution in [0.4, 0.5) is 0 Å². The van der Waals surface area contributed by atoms with E-state index in [0.29, 0.717) is 24.3 Å². The molecule has 3 unspecified atom stereocenters. The van der Waals surface area contributed by atoms with Gasteiger partial charge in [-0.1, -0.05) is 27.2 Å². The molecule has 1 aliphatic rings. The fraction of sp³-hybridized carbons (Fsp3) is 0.733. The van der Waals surface area contributed by atoms with Gasteiger partial charge in [0.2, 0.25) is 5.88 Å². The second-order valence-electron chi connectivity index (χ2n) is 5.99. The Bertz CT molecular complexity index is 408. The molecule has 4 nitrogen and oxygen atoms in total. The molecule has 0 bridgehead atoms. The highest BCUT2D eigenvalue weighted by Gasteiger charge is 2.32. The predicted octanol–water partition coefficient (Wildman–Crippen LogP) is 2.77. The molecule has 4 heteroatoms. The minimum atomic E-state index is 0.241. The first kappa shape index (κ1) is 14.3. The Morgan fingerprint density at radius 1 is 1.32 bits per heavy atom. The van der Waals surface area contributed by atoms with Gasteiger partial charge in [0.05, 0.1) is 0 Å². The molecule has 1 fully saturated rings. The van der Waals surface area contributed by atoms with Gasteiger partial charge in [-0.05, 0) is 30.6 Å². The van der Waals surface area contributed by atoms with E-state index in [4.69, 9.17) is 10.5 Å². The summed E-state index contributed by atoms with van der Waals surface area (Å²) in [5, 5.41) is 0. The third kappa shape index (κ3) is 3.44. The van der Waals surface area contributed by atoms with E-state index in [-0.39, 0.29) is 6.10 Å². The lowest BCUT2D eigenvalue weighted by Crippen LogP contribution is -2.36. The highest BCUT2D eigenvalue weighted by Crippen LogP contribution is 2.35. The topological polar surface area (TPSA) is 61.0 Å². The smallest absolute Gasteiger partial charge is 0.237 e. The first-order valence-corrected chi connectivity index (χ1v) is 7.28. The second kappa shape index (κ2) is 6.33. The van der Waals surface area contributed by atoms with Crippen molar-refractivity contribution < 1.29 is 4.74 Å². The van der Waals surface area contributed by atoms with Crippen molar-refractivity contribution in [3.05, 3.63) is 18.1 Å². The summed E-state index contributed by atoms with van der Waals surface area (Å²) in [4.78, 5) is 8.54. The van der Waals surface area contributed by atoms with Crippen molar-refractivity contribution in [2.45, 2.75) is 52.7 Å². The molecule has 0 saturated heterocycles. The Hall–Kier alpha value is -1.16. The Balaban J connectivity index is 2.14. The Kier molecular flexibility index (Phi) is 4.75. The lowest BCUT2D eigenvalue weighted by Gasteiger charge is -2.37. The summed E-state index contributed by atoms with van der Waals surface area (Å²) in [7, 11) is 0. The van der Waals surface area contributed by atoms with Gasteiger partial charge in [-0.15, -0.1) is 0 Å². The van der Waals surface area contributed by atoms with Crippen LogP contribution < -0.4 is 10.5 Å². The van der Waals surface area contributed by atoms with Gasteiger partial charge in [0.15, 0.2) is 0 Å². The molecule has 1 aromatic heterocycles. The van der Waals surface area contributed by atoms with Gasteiger partial charge in [0.1, 0.15) is 11.8 Å². The number of hydrogen-bond donors (Lipinski definition) is 1. The van der Waals surface area contributed by atoms with Crippen LogP contribution in [0.15, 0.2) is 12.4 Å². The maximum atomic E-state index is 6.17. The van der Waals surface area contributed by atoms with Crippen molar-refractivity contribution in [3.8, 4) is 5.88 Å². The summed E-state index contributed by atoms with van der Waals surface area (Å²) in [6.07, 6.45) is 7.22. The fourth-order valence-electron chi connectivity index (χ4n) is 2.99. The lowest BCUT2D eigenvalue weighted by atomic mass is 9.75. The summed E-state index contributed by atoms with van der Waals surface area (Å²) < 4.78 is 6.17. The number of nitrogens with two attached hydrogens (primary N) is 1. The zero-order chi connectivity index (χ0) is 13.8. The first-order chi connectivity index (χ1) is 9.11. The molecule has 0 aliphatic heterocycles. The molecule has 0 radical (unpaired) electrons. The van der Waals surface area contributed by atoms with Crippen molar-refractivity contribution >= 4 is 0 Å². The van der Waals surface area contributed by atoms with Gasteiger partial charge in [-0.3, -0.25) is 4.98 Å². The van der Waals surface area contributed by atoms with Crippen LogP contribution in [0.25, 0.3) is 0 Å². The average molecular weight is 263 g/mol. The zero-order valence-corrected chi connectivity index (χ0v) is 12.2. The van der Waals surface area contributed by atoms with E-state index in [1.165, 1.54) is 12.8 Å². The summed E-state index contributed by atoms with van der Waals surface area (Å²) in [6, 6.07) is 0. The second-order valence-corrected chi connectivity index (χ2v) is 5.99. The molecule has 2 rings (SSSR count). The van der Waals surface area contributed by atoms with Crippen LogP contribution in [0, 0.1) is 17.8 Å². The van der Waals surface area contributed by atoms with Crippen LogP contribution in [0.5, 0.6) is 5.88 Å². The molecular weight excluding hydrogens is 238 g/mol. The first-order valence-electron chi connectivity index (χ1n) is 7.28. The highest BCUT2D eigenvalue weighted by atomic mass is 16.5. The van der Waals surface area contributed by atoms with Crippen molar-refractivity contribution in [1.29, 1.82) is 0 Å². The Morgan fingerprint density at radius 3 is 2.74 bits per heavy atom. The lowest BCUT2D eigenvalue weighted by molar-refractivity contribution is 0.0415. The third-order valence-electron chi connectivity index (χ3n) is 4.15. The monoisotopic (exact) mass is 263 g/mol. The van der Waals surface area contributed by atoms with Gasteiger partial charge < -0.3 is 10.5 Å². The number of nitrogens with zero attached hydrogens (tertiary/aromatic N) is 2. The summed E-state index contributed by atoms with van der Waals surface area (Å²) >= 11 is 0. The standard InChI is InChI=1S/C15H25N3O/c1-10(2)12-5-4-11(3)8-14(12)19-15-13(9-16)17-6-7-18-15/h6-7,10-12,14H,4-5,8-9,16H2,1-3H3. The van der Waals surface area contributed by atoms with Crippen molar-refractivity contribution in [2.24, 2.45) is 23.5 Å². The van der Waals surface area contributed by atoms with Gasteiger partial charge in [-0.2, -0.15) is 0 Å². The minimum absolute atomic E-state index is 0.241. The van der Waals surface area contributed by atoms with E-state index < -0.39 is 0 Å². The molecule has 1 aliphatic carbocycles. The molecule has 0 aromatic carbocycles. The molecule has 2 N–H and O–H groups in total. The fourth-order valence-corrected chi connectivity index (χ4v) is 2.99. The van der Waals surface area contributed by atoms with Crippen molar-refractivity contribution in [3.63, 3.8) is 0 Å². The zero-order valence-electron chi connectivity index (χ0n) is 12.2. The largest absolute Gasteiger partial charge is 0.473 e. The van der Waals surface area contributed by atoms with Crippen LogP contribution in [-0.4, -0.2) is 16.1 Å². The molecular formula is C15H25N3O. The van der Waals surface area contributed by atoms with Crippen LogP contribution >= 0.6 is 0 Å². The van der Waals surface area contributed by atoms with E-state index >= 15 is 0 Å². The minimum Gasteiger partial charge on any atom is -0.473 e. The van der Waals surface area contributed by atoms with Crippen LogP contribution in [0.3, 0.4) is 0 Å². The van der Waals surface area contributed by atoms with E-state index in [1.807, 2.05) is 0 Å². The molecule has 19 heavy (non-hydrogen) atoms. The van der Waals surface area contributed by atoms with E-state index in [1.54, 1.807) is 12.4 Å². The predicted molar refractivity (Wildman–Crippen MR) is 75.7 cm³/mol. The number of aromatic nitrogens is 2. The van der Waals surface area contributed by atoms with Crippen LogP contribution in [0.2, 0.25) is 0 Å². The summed E-state index contributed by atoms with van der Waals surface area (Å²) in [5.74, 6) is 2.58. The molecule has 1 aromatic rings. The molecule has 0 amide bonds. The molecule has 3 atom stereocenters. The third-order valence-corrected chi connectivity index (χ3v) is 4.15. The molecule has 1 saturated carbocycles. The molecule has 1 heterocycles. The van der Waals surface area contributed by atoms with Crippen molar-refractivity contribution in [2.75, 3.05) is 0 Å². The number of rotatable bonds is 4. The quantitative estimate of drug-likeness (QED) is 0.907. The van der Waals surface area contributed by atoms with E-state index in [0.717, 1.165) is 18.0 Å². The maximum absolute atomic E-state index is 6.17. The highest BCUT2D eigenvalue weighted by molar-refractivity contribution is 5.17. The van der Waals surface area contributed by atoms with Gasteiger partial charge in [0, 0.05) is 18.9 Å². The maximum Gasteiger partial charge on any atom is 0.237 e. The average Bonchev–Trinajstić information content (AvgIpc) is 2.39. The van der Waals surface area contributed by atoms with Gasteiger partial charge in [0.25, 0.3) is 0 Å². The van der Waals surface area contributed by atoms with Crippen molar-refractivity contribution in [1.82, 2.24) is 9.97 Å². The van der Waals surface area contributed by atoms with Gasteiger partial charge in [-0.25, -0.2) is 4.98 Å². The Morgan fingerprint density at radius 2 is 2.05 bits per heavy atom. The number of hydrogen-bond acceptors (Lipinski definition) is 4. The Labute approximate surface area is 115 Å². The summed E-state index contributed by atoms with van der Waals surface area (Å²) in [6.45, 7) is 7.22. The van der Waals surface area contributed by atoms with E-state index in [2.05, 4.69) is 30.7 Å². The van der Waals surface area contributed by atoms with Crippen LogP contribution in [0.1, 0.15) is 45.7 Å². The molecule has 106 valence electrons. The normalized spacial score (nSPS) is 27.5. The summed E-state index contributed by atoms with van der Waals surface area (Å²) in [5.41, 5.74) is 6.45. The van der Waals surface area contributed by atoms with Gasteiger partial charge >= 0.3 is 0 Å². The van der Waals surface area contributed by atoms with E-state index in [9.17, 15) is 0 Å². The molecule has 0 spiro atoms. The van der Waals surface area contributed by atoms with Crippen LogP contribution in [-0.2, 0) is 6.54 Å².